The molecule has 0 fully saturated rings. The fourth-order valence-electron chi connectivity index (χ4n) is 0.733. The Hall–Kier alpha value is -1.21. The molecule has 0 bridgehead atoms. The first-order valence-corrected chi connectivity index (χ1v) is 4.85. The summed E-state index contributed by atoms with van der Waals surface area (Å²) in [4.78, 5) is 6.32. The van der Waals surface area contributed by atoms with E-state index in [4.69, 9.17) is 10.6 Å². The van der Waals surface area contributed by atoms with Crippen LogP contribution in [-0.2, 0) is 10.3 Å². The molecule has 0 aliphatic heterocycles. The molecule has 1 rings (SSSR count). The van der Waals surface area contributed by atoms with Gasteiger partial charge in [-0.2, -0.15) is 8.42 Å². The zero-order valence-electron chi connectivity index (χ0n) is 6.93. The lowest BCUT2D eigenvalue weighted by atomic mass is 10.5. The summed E-state index contributed by atoms with van der Waals surface area (Å²) >= 11 is 0. The van der Waals surface area contributed by atoms with Crippen molar-refractivity contribution < 1.29 is 13.3 Å². The van der Waals surface area contributed by atoms with E-state index in [1.165, 1.54) is 17.1 Å². The zero-order valence-corrected chi connectivity index (χ0v) is 7.75. The van der Waals surface area contributed by atoms with Crippen molar-refractivity contribution in [1.29, 1.82) is 0 Å². The van der Waals surface area contributed by atoms with Gasteiger partial charge in [0.25, 0.3) is 0 Å². The molecule has 0 atom stereocenters. The van der Waals surface area contributed by atoms with Gasteiger partial charge in [0.2, 0.25) is 10.3 Å². The van der Waals surface area contributed by atoms with E-state index in [0.717, 1.165) is 6.42 Å². The van der Waals surface area contributed by atoms with Gasteiger partial charge in [-0.15, -0.1) is 4.85 Å². The van der Waals surface area contributed by atoms with Crippen LogP contribution in [0.1, 0.15) is 6.42 Å². The van der Waals surface area contributed by atoms with Crippen molar-refractivity contribution >= 4 is 10.3 Å². The SMILES string of the molecule is NCCCOn1ccc(=S(=O)=O)[nH]1. The Labute approximate surface area is 76.4 Å². The normalized spacial score (nSPS) is 9.92. The molecule has 0 aliphatic carbocycles. The average Bonchev–Trinajstić information content (AvgIpc) is 2.53. The van der Waals surface area contributed by atoms with Crippen molar-refractivity contribution in [2.24, 2.45) is 5.73 Å². The Kier molecular flexibility index (Phi) is 3.59. The van der Waals surface area contributed by atoms with Gasteiger partial charge in [0, 0.05) is 6.07 Å². The molecule has 7 heteroatoms. The largest absolute Gasteiger partial charge is 0.398 e. The van der Waals surface area contributed by atoms with Crippen LogP contribution in [0, 0.1) is 4.64 Å². The quantitative estimate of drug-likeness (QED) is 0.487. The first-order chi connectivity index (χ1) is 6.24. The van der Waals surface area contributed by atoms with Gasteiger partial charge >= 0.3 is 0 Å². The molecule has 6 nitrogen and oxygen atoms in total. The average molecular weight is 205 g/mol. The second-order valence-corrected chi connectivity index (χ2v) is 3.24. The fourth-order valence-corrected chi connectivity index (χ4v) is 1.07. The second kappa shape index (κ2) is 4.73. The highest BCUT2D eigenvalue weighted by Gasteiger charge is 1.90. The number of nitrogens with zero attached hydrogens (tertiary/aromatic N) is 1. The van der Waals surface area contributed by atoms with Gasteiger partial charge < -0.3 is 10.6 Å². The lowest BCUT2D eigenvalue weighted by molar-refractivity contribution is 0.0813. The van der Waals surface area contributed by atoms with Gasteiger partial charge in [-0.3, -0.25) is 5.10 Å². The van der Waals surface area contributed by atoms with Gasteiger partial charge in [0.05, 0.1) is 6.20 Å². The van der Waals surface area contributed by atoms with Crippen LogP contribution in [0.2, 0.25) is 0 Å². The first-order valence-electron chi connectivity index (χ1n) is 3.77. The van der Waals surface area contributed by atoms with Crippen LogP contribution in [0.15, 0.2) is 12.3 Å². The lowest BCUT2D eigenvalue weighted by Crippen LogP contribution is -2.16. The number of nitrogens with one attached hydrogen (secondary N) is 1. The maximum atomic E-state index is 10.4. The van der Waals surface area contributed by atoms with E-state index in [0.29, 0.717) is 13.2 Å². The maximum Gasteiger partial charge on any atom is 0.239 e. The van der Waals surface area contributed by atoms with Crippen LogP contribution >= 0.6 is 0 Å². The molecule has 13 heavy (non-hydrogen) atoms. The van der Waals surface area contributed by atoms with Crippen molar-refractivity contribution in [2.45, 2.75) is 6.42 Å². The summed E-state index contributed by atoms with van der Waals surface area (Å²) in [6.45, 7) is 0.994. The predicted octanol–water partition coefficient (Wildman–Crippen LogP) is -0.995. The molecule has 0 saturated carbocycles. The third kappa shape index (κ3) is 2.96. The van der Waals surface area contributed by atoms with Crippen LogP contribution < -0.4 is 10.6 Å². The third-order valence-corrected chi connectivity index (χ3v) is 1.93. The van der Waals surface area contributed by atoms with Crippen molar-refractivity contribution in [1.82, 2.24) is 9.94 Å². The minimum absolute atomic E-state index is 0.0905. The number of hydrogen-bond donors (Lipinski definition) is 2. The predicted molar refractivity (Wildman–Crippen MR) is 46.1 cm³/mol. The molecule has 0 aromatic carbocycles. The summed E-state index contributed by atoms with van der Waals surface area (Å²) in [5.41, 5.74) is 5.25. The summed E-state index contributed by atoms with van der Waals surface area (Å²) < 4.78 is 20.9. The lowest BCUT2D eigenvalue weighted by Gasteiger charge is -2.03. The van der Waals surface area contributed by atoms with E-state index in [9.17, 15) is 8.42 Å². The van der Waals surface area contributed by atoms with Gasteiger partial charge in [-0.1, -0.05) is 0 Å². The van der Waals surface area contributed by atoms with Crippen LogP contribution in [0.4, 0.5) is 0 Å². The van der Waals surface area contributed by atoms with E-state index in [2.05, 4.69) is 5.10 Å². The number of rotatable bonds is 4. The third-order valence-electron chi connectivity index (χ3n) is 1.34. The van der Waals surface area contributed by atoms with E-state index in [1.54, 1.807) is 0 Å². The number of aromatic amines is 1. The number of hydrogen-bond acceptors (Lipinski definition) is 4. The summed E-state index contributed by atoms with van der Waals surface area (Å²) in [6, 6.07) is 1.41. The Bertz CT molecular complexity index is 408. The van der Waals surface area contributed by atoms with Gasteiger partial charge in [0.15, 0.2) is 4.64 Å². The second-order valence-electron chi connectivity index (χ2n) is 2.33. The molecular formula is C6H11N3O3S. The standard InChI is InChI=1S/C6H11N3O3S/c7-3-1-5-12-9-4-2-6(8-9)13(10)11/h2,4,8H,1,3,5,7H2. The Morgan fingerprint density at radius 3 is 2.92 bits per heavy atom. The maximum absolute atomic E-state index is 10.4. The molecule has 3 N–H and O–H groups in total. The highest BCUT2D eigenvalue weighted by molar-refractivity contribution is 7.63. The smallest absolute Gasteiger partial charge is 0.239 e. The minimum Gasteiger partial charge on any atom is -0.398 e. The molecule has 0 aliphatic rings. The molecule has 1 heterocycles. The highest BCUT2D eigenvalue weighted by atomic mass is 32.2. The van der Waals surface area contributed by atoms with E-state index in [-0.39, 0.29) is 4.64 Å². The van der Waals surface area contributed by atoms with Crippen LogP contribution in [-0.4, -0.2) is 31.5 Å². The summed E-state index contributed by atoms with van der Waals surface area (Å²) in [6.07, 6.45) is 2.21. The van der Waals surface area contributed by atoms with Crippen LogP contribution in [0.5, 0.6) is 0 Å². The molecule has 1 aromatic rings. The van der Waals surface area contributed by atoms with Crippen molar-refractivity contribution in [3.63, 3.8) is 0 Å². The zero-order chi connectivity index (χ0) is 9.68. The van der Waals surface area contributed by atoms with E-state index >= 15 is 0 Å². The fraction of sp³-hybridized carbons (Fsp3) is 0.500. The van der Waals surface area contributed by atoms with Crippen molar-refractivity contribution in [3.05, 3.63) is 16.9 Å². The summed E-state index contributed by atoms with van der Waals surface area (Å²) in [7, 11) is -2.25. The molecule has 1 aromatic heterocycles. The van der Waals surface area contributed by atoms with Crippen molar-refractivity contribution in [3.8, 4) is 0 Å². The van der Waals surface area contributed by atoms with Crippen molar-refractivity contribution in [2.75, 3.05) is 13.2 Å². The molecule has 0 spiro atoms. The molecule has 0 radical (unpaired) electrons. The molecule has 0 amide bonds. The van der Waals surface area contributed by atoms with Gasteiger partial charge in [0.1, 0.15) is 6.61 Å². The Morgan fingerprint density at radius 1 is 1.62 bits per heavy atom. The van der Waals surface area contributed by atoms with E-state index in [1.807, 2.05) is 0 Å². The highest BCUT2D eigenvalue weighted by Crippen LogP contribution is 1.84. The summed E-state index contributed by atoms with van der Waals surface area (Å²) in [5, 5.41) is 2.51. The summed E-state index contributed by atoms with van der Waals surface area (Å²) in [5.74, 6) is 0. The topological polar surface area (TPSA) is 90.1 Å². The number of aromatic nitrogens is 2. The minimum atomic E-state index is -2.25. The molecule has 0 unspecified atom stereocenters. The first kappa shape index (κ1) is 9.87. The van der Waals surface area contributed by atoms with Crippen LogP contribution in [0.25, 0.3) is 0 Å². The molecule has 74 valence electrons. The Balaban J connectivity index is 2.66. The van der Waals surface area contributed by atoms with Gasteiger partial charge in [-0.05, 0) is 13.0 Å². The Morgan fingerprint density at radius 2 is 2.38 bits per heavy atom. The van der Waals surface area contributed by atoms with E-state index < -0.39 is 10.3 Å². The molecule has 0 saturated heterocycles. The monoisotopic (exact) mass is 205 g/mol. The number of H-pyrrole nitrogens is 1. The van der Waals surface area contributed by atoms with Gasteiger partial charge in [-0.25, -0.2) is 0 Å². The number of nitrogens with two attached hydrogens (primary N) is 1. The molecular weight excluding hydrogens is 194 g/mol. The van der Waals surface area contributed by atoms with Crippen LogP contribution in [0.3, 0.4) is 0 Å².